The van der Waals surface area contributed by atoms with Crippen molar-refractivity contribution >= 4 is 11.6 Å². The van der Waals surface area contributed by atoms with Crippen LogP contribution in [0.4, 0.5) is 5.69 Å². The van der Waals surface area contributed by atoms with Crippen molar-refractivity contribution in [3.05, 3.63) is 29.3 Å². The number of carbonyl (C=O) groups is 1. The lowest BCUT2D eigenvalue weighted by Gasteiger charge is -2.32. The van der Waals surface area contributed by atoms with Crippen molar-refractivity contribution < 1.29 is 4.79 Å². The van der Waals surface area contributed by atoms with E-state index in [1.807, 2.05) is 12.1 Å². The molecule has 0 atom stereocenters. The Hall–Kier alpha value is -1.55. The average molecular weight is 285 g/mol. The van der Waals surface area contributed by atoms with E-state index < -0.39 is 0 Å². The summed E-state index contributed by atoms with van der Waals surface area (Å²) < 4.78 is 0. The van der Waals surface area contributed by atoms with E-state index in [0.717, 1.165) is 56.2 Å². The van der Waals surface area contributed by atoms with Crippen LogP contribution < -0.4 is 10.6 Å². The normalized spacial score (nSPS) is 22.7. The standard InChI is InChI=1S/C17H23N3O/c21-17(13-2-1-12-5-8-18-16(12)11-13)19-14-6-9-20(10-7-14)15-3-4-15/h1-2,11,14-15,18H,3-10H2,(H,19,21). The van der Waals surface area contributed by atoms with Gasteiger partial charge in [-0.05, 0) is 49.8 Å². The zero-order valence-corrected chi connectivity index (χ0v) is 12.4. The zero-order valence-electron chi connectivity index (χ0n) is 12.4. The summed E-state index contributed by atoms with van der Waals surface area (Å²) in [7, 11) is 0. The van der Waals surface area contributed by atoms with Crippen LogP contribution in [0, 0.1) is 0 Å². The lowest BCUT2D eigenvalue weighted by Crippen LogP contribution is -2.45. The number of nitrogens with one attached hydrogen (secondary N) is 2. The number of rotatable bonds is 3. The first-order chi connectivity index (χ1) is 10.3. The summed E-state index contributed by atoms with van der Waals surface area (Å²) in [6, 6.07) is 7.23. The Morgan fingerprint density at radius 2 is 2.00 bits per heavy atom. The lowest BCUT2D eigenvalue weighted by molar-refractivity contribution is 0.0909. The van der Waals surface area contributed by atoms with Gasteiger partial charge in [0, 0.05) is 43.0 Å². The quantitative estimate of drug-likeness (QED) is 0.893. The summed E-state index contributed by atoms with van der Waals surface area (Å²) in [5, 5.41) is 6.55. The molecule has 4 heteroatoms. The van der Waals surface area contributed by atoms with Crippen LogP contribution in [-0.4, -0.2) is 42.5 Å². The van der Waals surface area contributed by atoms with E-state index in [-0.39, 0.29) is 5.91 Å². The third kappa shape index (κ3) is 2.77. The second-order valence-corrected chi connectivity index (χ2v) is 6.56. The molecule has 21 heavy (non-hydrogen) atoms. The van der Waals surface area contributed by atoms with Gasteiger partial charge >= 0.3 is 0 Å². The molecule has 1 saturated heterocycles. The molecule has 1 aromatic rings. The first-order valence-corrected chi connectivity index (χ1v) is 8.21. The molecule has 1 aliphatic carbocycles. The Kier molecular flexibility index (Phi) is 3.34. The molecule has 0 aromatic heterocycles. The maximum atomic E-state index is 12.4. The van der Waals surface area contributed by atoms with Crippen molar-refractivity contribution in [3.8, 4) is 0 Å². The molecule has 1 amide bonds. The molecule has 0 radical (unpaired) electrons. The number of benzene rings is 1. The molecule has 4 nitrogen and oxygen atoms in total. The topological polar surface area (TPSA) is 44.4 Å². The Morgan fingerprint density at radius 1 is 1.19 bits per heavy atom. The number of anilines is 1. The van der Waals surface area contributed by atoms with Crippen molar-refractivity contribution in [2.75, 3.05) is 25.0 Å². The molecule has 3 aliphatic rings. The highest BCUT2D eigenvalue weighted by atomic mass is 16.1. The Morgan fingerprint density at radius 3 is 2.76 bits per heavy atom. The van der Waals surface area contributed by atoms with Crippen molar-refractivity contribution in [2.24, 2.45) is 0 Å². The minimum Gasteiger partial charge on any atom is -0.384 e. The Labute approximate surface area is 125 Å². The number of likely N-dealkylation sites (tertiary alicyclic amines) is 1. The van der Waals surface area contributed by atoms with Crippen molar-refractivity contribution in [2.45, 2.75) is 44.2 Å². The minimum absolute atomic E-state index is 0.0800. The van der Waals surface area contributed by atoms with Crippen molar-refractivity contribution in [1.82, 2.24) is 10.2 Å². The third-order valence-electron chi connectivity index (χ3n) is 5.01. The predicted octanol–water partition coefficient (Wildman–Crippen LogP) is 2.01. The van der Waals surface area contributed by atoms with Gasteiger partial charge in [-0.3, -0.25) is 4.79 Å². The molecular formula is C17H23N3O. The minimum atomic E-state index is 0.0800. The first-order valence-electron chi connectivity index (χ1n) is 8.21. The van der Waals surface area contributed by atoms with Gasteiger partial charge in [-0.25, -0.2) is 0 Å². The smallest absolute Gasteiger partial charge is 0.251 e. The summed E-state index contributed by atoms with van der Waals surface area (Å²) in [6.45, 7) is 3.27. The van der Waals surface area contributed by atoms with Crippen LogP contribution >= 0.6 is 0 Å². The van der Waals surface area contributed by atoms with E-state index in [9.17, 15) is 4.79 Å². The van der Waals surface area contributed by atoms with Gasteiger partial charge < -0.3 is 15.5 Å². The fourth-order valence-electron chi connectivity index (χ4n) is 3.55. The summed E-state index contributed by atoms with van der Waals surface area (Å²) in [5.74, 6) is 0.0800. The van der Waals surface area contributed by atoms with E-state index in [1.165, 1.54) is 18.4 Å². The maximum absolute atomic E-state index is 12.4. The predicted molar refractivity (Wildman–Crippen MR) is 83.7 cm³/mol. The second kappa shape index (κ2) is 5.34. The monoisotopic (exact) mass is 285 g/mol. The number of carbonyl (C=O) groups excluding carboxylic acids is 1. The maximum Gasteiger partial charge on any atom is 0.251 e. The molecular weight excluding hydrogens is 262 g/mol. The van der Waals surface area contributed by atoms with Crippen LogP contribution in [0.1, 0.15) is 41.6 Å². The highest BCUT2D eigenvalue weighted by Crippen LogP contribution is 2.29. The van der Waals surface area contributed by atoms with E-state index >= 15 is 0 Å². The summed E-state index contributed by atoms with van der Waals surface area (Å²) in [4.78, 5) is 15.0. The van der Waals surface area contributed by atoms with Crippen molar-refractivity contribution in [1.29, 1.82) is 0 Å². The fraction of sp³-hybridized carbons (Fsp3) is 0.588. The lowest BCUT2D eigenvalue weighted by atomic mass is 10.0. The molecule has 2 N–H and O–H groups in total. The summed E-state index contributed by atoms with van der Waals surface area (Å²) in [6.07, 6.45) is 5.99. The number of nitrogens with zero attached hydrogens (tertiary/aromatic N) is 1. The fourth-order valence-corrected chi connectivity index (χ4v) is 3.55. The largest absolute Gasteiger partial charge is 0.384 e. The highest BCUT2D eigenvalue weighted by Gasteiger charge is 2.32. The number of amides is 1. The molecule has 4 rings (SSSR count). The van der Waals surface area contributed by atoms with Gasteiger partial charge in [0.1, 0.15) is 0 Å². The molecule has 112 valence electrons. The summed E-state index contributed by atoms with van der Waals surface area (Å²) in [5.41, 5.74) is 3.24. The number of hydrogen-bond acceptors (Lipinski definition) is 3. The molecule has 2 aliphatic heterocycles. The average Bonchev–Trinajstić information content (AvgIpc) is 3.25. The Bertz CT molecular complexity index is 545. The molecule has 2 fully saturated rings. The molecule has 1 saturated carbocycles. The van der Waals surface area contributed by atoms with Gasteiger partial charge in [-0.1, -0.05) is 6.07 Å². The number of hydrogen-bond donors (Lipinski definition) is 2. The molecule has 1 aromatic carbocycles. The SMILES string of the molecule is O=C(NC1CCN(C2CC2)CC1)c1ccc2c(c1)NCC2. The third-order valence-corrected chi connectivity index (χ3v) is 5.01. The van der Waals surface area contributed by atoms with Crippen LogP contribution in [0.3, 0.4) is 0 Å². The van der Waals surface area contributed by atoms with Gasteiger partial charge in [0.15, 0.2) is 0 Å². The summed E-state index contributed by atoms with van der Waals surface area (Å²) >= 11 is 0. The van der Waals surface area contributed by atoms with Crippen LogP contribution in [0.2, 0.25) is 0 Å². The number of fused-ring (bicyclic) bond motifs is 1. The molecule has 0 unspecified atom stereocenters. The molecule has 2 heterocycles. The van der Waals surface area contributed by atoms with Gasteiger partial charge in [-0.2, -0.15) is 0 Å². The van der Waals surface area contributed by atoms with Crippen LogP contribution in [0.15, 0.2) is 18.2 Å². The van der Waals surface area contributed by atoms with Crippen molar-refractivity contribution in [3.63, 3.8) is 0 Å². The van der Waals surface area contributed by atoms with E-state index in [2.05, 4.69) is 21.6 Å². The Balaban J connectivity index is 1.35. The van der Waals surface area contributed by atoms with Crippen LogP contribution in [0.25, 0.3) is 0 Å². The molecule has 0 bridgehead atoms. The van der Waals surface area contributed by atoms with Gasteiger partial charge in [0.25, 0.3) is 5.91 Å². The van der Waals surface area contributed by atoms with Gasteiger partial charge in [0.05, 0.1) is 0 Å². The zero-order chi connectivity index (χ0) is 14.2. The molecule has 0 spiro atoms. The second-order valence-electron chi connectivity index (χ2n) is 6.56. The van der Waals surface area contributed by atoms with Crippen LogP contribution in [0.5, 0.6) is 0 Å². The van der Waals surface area contributed by atoms with Crippen LogP contribution in [-0.2, 0) is 6.42 Å². The van der Waals surface area contributed by atoms with E-state index in [1.54, 1.807) is 0 Å². The van der Waals surface area contributed by atoms with Gasteiger partial charge in [-0.15, -0.1) is 0 Å². The highest BCUT2D eigenvalue weighted by molar-refractivity contribution is 5.95. The van der Waals surface area contributed by atoms with E-state index in [4.69, 9.17) is 0 Å². The van der Waals surface area contributed by atoms with E-state index in [0.29, 0.717) is 6.04 Å². The number of piperidine rings is 1. The first kappa shape index (κ1) is 13.1. The van der Waals surface area contributed by atoms with Gasteiger partial charge in [0.2, 0.25) is 0 Å².